The van der Waals surface area contributed by atoms with Crippen LogP contribution >= 0.6 is 11.6 Å². The molecule has 1 aliphatic heterocycles. The molecule has 1 atom stereocenters. The molecule has 1 aromatic heterocycles. The van der Waals surface area contributed by atoms with Gasteiger partial charge in [-0.15, -0.1) is 0 Å². The van der Waals surface area contributed by atoms with E-state index >= 15 is 0 Å². The van der Waals surface area contributed by atoms with Crippen LogP contribution in [0.3, 0.4) is 0 Å². The van der Waals surface area contributed by atoms with Crippen molar-refractivity contribution >= 4 is 17.5 Å². The maximum atomic E-state index is 13.5. The fourth-order valence-corrected chi connectivity index (χ4v) is 4.49. The molecule has 160 valence electrons. The van der Waals surface area contributed by atoms with E-state index in [0.717, 1.165) is 34.4 Å². The third-order valence-corrected chi connectivity index (χ3v) is 6.41. The predicted octanol–water partition coefficient (Wildman–Crippen LogP) is 6.35. The minimum absolute atomic E-state index is 0.0367. The van der Waals surface area contributed by atoms with Crippen molar-refractivity contribution in [3.05, 3.63) is 111 Å². The number of rotatable bonds is 5. The lowest BCUT2D eigenvalue weighted by atomic mass is 9.94. The molecule has 4 nitrogen and oxygen atoms in total. The van der Waals surface area contributed by atoms with Crippen molar-refractivity contribution in [1.82, 2.24) is 15.1 Å². The molecule has 5 heteroatoms. The van der Waals surface area contributed by atoms with Crippen molar-refractivity contribution in [2.24, 2.45) is 0 Å². The number of hydrogen-bond donors (Lipinski definition) is 1. The Morgan fingerprint density at radius 1 is 0.938 bits per heavy atom. The summed E-state index contributed by atoms with van der Waals surface area (Å²) in [5.41, 5.74) is 7.92. The van der Waals surface area contributed by atoms with Crippen LogP contribution in [0.5, 0.6) is 0 Å². The second-order valence-corrected chi connectivity index (χ2v) is 8.72. The van der Waals surface area contributed by atoms with E-state index in [9.17, 15) is 4.79 Å². The molecule has 5 rings (SSSR count). The zero-order valence-corrected chi connectivity index (χ0v) is 18.9. The van der Waals surface area contributed by atoms with Crippen LogP contribution in [0.4, 0.5) is 0 Å². The summed E-state index contributed by atoms with van der Waals surface area (Å²) in [6.07, 6.45) is 0.976. The molecule has 1 N–H and O–H groups in total. The average molecular weight is 442 g/mol. The Labute approximate surface area is 192 Å². The Balaban J connectivity index is 1.62. The van der Waals surface area contributed by atoms with Crippen LogP contribution in [0.15, 0.2) is 72.8 Å². The molecule has 4 aromatic rings. The Hall–Kier alpha value is -3.37. The minimum Gasteiger partial charge on any atom is -0.322 e. The van der Waals surface area contributed by atoms with Crippen molar-refractivity contribution in [3.8, 4) is 11.3 Å². The third-order valence-electron chi connectivity index (χ3n) is 6.16. The summed E-state index contributed by atoms with van der Waals surface area (Å²) in [6, 6.07) is 24.3. The fourth-order valence-electron chi connectivity index (χ4n) is 4.36. The van der Waals surface area contributed by atoms with Crippen LogP contribution in [0.2, 0.25) is 5.02 Å². The second-order valence-electron chi connectivity index (χ2n) is 8.28. The van der Waals surface area contributed by atoms with Gasteiger partial charge in [-0.2, -0.15) is 5.10 Å². The van der Waals surface area contributed by atoms with Crippen LogP contribution in [-0.4, -0.2) is 21.0 Å². The first kappa shape index (κ1) is 20.5. The van der Waals surface area contributed by atoms with Crippen molar-refractivity contribution in [2.75, 3.05) is 0 Å². The van der Waals surface area contributed by atoms with Crippen LogP contribution in [-0.2, 0) is 13.0 Å². The van der Waals surface area contributed by atoms with E-state index in [2.05, 4.69) is 72.6 Å². The van der Waals surface area contributed by atoms with Gasteiger partial charge in [-0.05, 0) is 42.2 Å². The lowest BCUT2D eigenvalue weighted by Gasteiger charge is -2.26. The third kappa shape index (κ3) is 3.61. The number of nitrogens with one attached hydrogen (secondary N) is 1. The number of aryl methyl sites for hydroxylation is 2. The van der Waals surface area contributed by atoms with Crippen LogP contribution in [0, 0.1) is 6.92 Å². The summed E-state index contributed by atoms with van der Waals surface area (Å²) in [5, 5.41) is 8.28. The highest BCUT2D eigenvalue weighted by Gasteiger charge is 2.42. The van der Waals surface area contributed by atoms with Gasteiger partial charge in [0.05, 0.1) is 11.7 Å². The molecular weight excluding hydrogens is 418 g/mol. The Morgan fingerprint density at radius 2 is 1.59 bits per heavy atom. The number of carbonyl (C=O) groups excluding carboxylic acids is 1. The standard InChI is InChI=1S/C27H24ClN3O/c1-3-18-6-12-21(13-7-18)26-23-24(20-10-4-17(2)5-11-20)29-30-25(23)27(32)31(26)16-19-8-14-22(28)15-9-19/h4-15,26H,3,16H2,1-2H3,(H,29,30). The number of benzene rings is 3. The number of aromatic amines is 1. The maximum absolute atomic E-state index is 13.5. The lowest BCUT2D eigenvalue weighted by Crippen LogP contribution is -2.29. The SMILES string of the molecule is CCc1ccc(C2c3c(-c4ccc(C)cc4)n[nH]c3C(=O)N2Cc2ccc(Cl)cc2)cc1. The van der Waals surface area contributed by atoms with Crippen molar-refractivity contribution < 1.29 is 4.79 Å². The first-order valence-corrected chi connectivity index (χ1v) is 11.2. The van der Waals surface area contributed by atoms with E-state index in [1.807, 2.05) is 29.2 Å². The zero-order chi connectivity index (χ0) is 22.2. The molecule has 3 aromatic carbocycles. The van der Waals surface area contributed by atoms with Crippen molar-refractivity contribution in [1.29, 1.82) is 0 Å². The van der Waals surface area contributed by atoms with E-state index in [0.29, 0.717) is 17.3 Å². The van der Waals surface area contributed by atoms with Gasteiger partial charge >= 0.3 is 0 Å². The zero-order valence-electron chi connectivity index (χ0n) is 18.1. The van der Waals surface area contributed by atoms with Gasteiger partial charge in [0, 0.05) is 22.7 Å². The molecule has 0 saturated carbocycles. The van der Waals surface area contributed by atoms with Gasteiger partial charge in [-0.1, -0.05) is 84.8 Å². The average Bonchev–Trinajstić information content (AvgIpc) is 3.35. The monoisotopic (exact) mass is 441 g/mol. The topological polar surface area (TPSA) is 49.0 Å². The molecular formula is C27H24ClN3O. The number of H-pyrrole nitrogens is 1. The largest absolute Gasteiger partial charge is 0.322 e. The predicted molar refractivity (Wildman–Crippen MR) is 128 cm³/mol. The molecule has 1 unspecified atom stereocenters. The number of aromatic nitrogens is 2. The van der Waals surface area contributed by atoms with Gasteiger partial charge in [0.1, 0.15) is 5.69 Å². The second kappa shape index (κ2) is 8.29. The number of carbonyl (C=O) groups is 1. The Morgan fingerprint density at radius 3 is 2.25 bits per heavy atom. The summed E-state index contributed by atoms with van der Waals surface area (Å²) in [7, 11) is 0. The van der Waals surface area contributed by atoms with Crippen LogP contribution in [0.1, 0.15) is 51.3 Å². The normalized spacial score (nSPS) is 15.3. The summed E-state index contributed by atoms with van der Waals surface area (Å²) < 4.78 is 0. The number of amides is 1. The van der Waals surface area contributed by atoms with Crippen molar-refractivity contribution in [3.63, 3.8) is 0 Å². The van der Waals surface area contributed by atoms with Gasteiger partial charge in [-0.25, -0.2) is 0 Å². The number of halogens is 1. The number of hydrogen-bond acceptors (Lipinski definition) is 2. The Kier molecular flexibility index (Phi) is 5.32. The highest BCUT2D eigenvalue weighted by atomic mass is 35.5. The smallest absolute Gasteiger partial charge is 0.273 e. The molecule has 1 amide bonds. The van der Waals surface area contributed by atoms with E-state index in [1.165, 1.54) is 11.1 Å². The van der Waals surface area contributed by atoms with Gasteiger partial charge < -0.3 is 4.90 Å². The van der Waals surface area contributed by atoms with E-state index in [4.69, 9.17) is 11.6 Å². The van der Waals surface area contributed by atoms with E-state index < -0.39 is 0 Å². The van der Waals surface area contributed by atoms with E-state index in [-0.39, 0.29) is 11.9 Å². The van der Waals surface area contributed by atoms with Gasteiger partial charge in [0.2, 0.25) is 0 Å². The highest BCUT2D eigenvalue weighted by Crippen LogP contribution is 2.43. The van der Waals surface area contributed by atoms with Crippen LogP contribution < -0.4 is 0 Å². The molecule has 0 fully saturated rings. The first-order valence-electron chi connectivity index (χ1n) is 10.8. The fraction of sp³-hybridized carbons (Fsp3) is 0.185. The summed E-state index contributed by atoms with van der Waals surface area (Å²) >= 11 is 6.07. The summed E-state index contributed by atoms with van der Waals surface area (Å²) in [4.78, 5) is 15.4. The molecule has 0 saturated heterocycles. The minimum atomic E-state index is -0.214. The van der Waals surface area contributed by atoms with Gasteiger partial charge in [0.25, 0.3) is 5.91 Å². The summed E-state index contributed by atoms with van der Waals surface area (Å²) in [5.74, 6) is -0.0367. The molecule has 0 bridgehead atoms. The molecule has 0 aliphatic carbocycles. The molecule has 1 aliphatic rings. The highest BCUT2D eigenvalue weighted by molar-refractivity contribution is 6.30. The maximum Gasteiger partial charge on any atom is 0.273 e. The van der Waals surface area contributed by atoms with Gasteiger partial charge in [0.15, 0.2) is 0 Å². The number of nitrogens with zero attached hydrogens (tertiary/aromatic N) is 2. The van der Waals surface area contributed by atoms with Crippen molar-refractivity contribution in [2.45, 2.75) is 32.9 Å². The molecule has 0 radical (unpaired) electrons. The quantitative estimate of drug-likeness (QED) is 0.392. The molecule has 2 heterocycles. The van der Waals surface area contributed by atoms with Crippen LogP contribution in [0.25, 0.3) is 11.3 Å². The van der Waals surface area contributed by atoms with Gasteiger partial charge in [-0.3, -0.25) is 9.89 Å². The first-order chi connectivity index (χ1) is 15.5. The summed E-state index contributed by atoms with van der Waals surface area (Å²) in [6.45, 7) is 4.70. The number of fused-ring (bicyclic) bond motifs is 1. The molecule has 0 spiro atoms. The lowest BCUT2D eigenvalue weighted by molar-refractivity contribution is 0.0730. The van der Waals surface area contributed by atoms with E-state index in [1.54, 1.807) is 0 Å². The molecule has 32 heavy (non-hydrogen) atoms. The Bertz CT molecular complexity index is 1260.